The molecule has 17 heavy (non-hydrogen) atoms. The van der Waals surface area contributed by atoms with Crippen molar-refractivity contribution in [2.75, 3.05) is 11.9 Å². The predicted octanol–water partition coefficient (Wildman–Crippen LogP) is 1.40. The number of nitrogens with zero attached hydrogens (tertiary/aromatic N) is 2. The molecule has 2 rings (SSSR count). The van der Waals surface area contributed by atoms with E-state index in [1.807, 2.05) is 10.9 Å². The van der Waals surface area contributed by atoms with Gasteiger partial charge in [-0.1, -0.05) is 0 Å². The Morgan fingerprint density at radius 1 is 1.65 bits per heavy atom. The zero-order chi connectivity index (χ0) is 12.4. The first-order valence-corrected chi connectivity index (χ1v) is 6.16. The van der Waals surface area contributed by atoms with Crippen LogP contribution < -0.4 is 10.6 Å². The van der Waals surface area contributed by atoms with Gasteiger partial charge in [0.15, 0.2) is 0 Å². The van der Waals surface area contributed by atoms with Crippen LogP contribution in [0.25, 0.3) is 0 Å². The van der Waals surface area contributed by atoms with Crippen molar-refractivity contribution >= 4 is 11.6 Å². The first-order valence-electron chi connectivity index (χ1n) is 6.16. The number of carbonyl (C=O) groups excluding carboxylic acids is 1. The molecule has 0 saturated carbocycles. The van der Waals surface area contributed by atoms with E-state index in [1.165, 1.54) is 0 Å². The van der Waals surface area contributed by atoms with E-state index < -0.39 is 0 Å². The maximum Gasteiger partial charge on any atom is 0.229 e. The van der Waals surface area contributed by atoms with Gasteiger partial charge in [0, 0.05) is 18.3 Å². The molecule has 0 bridgehead atoms. The molecule has 1 amide bonds. The van der Waals surface area contributed by atoms with E-state index in [0.29, 0.717) is 6.04 Å². The summed E-state index contributed by atoms with van der Waals surface area (Å²) in [6.45, 7) is 7.09. The molecule has 0 aliphatic carbocycles. The predicted molar refractivity (Wildman–Crippen MR) is 66.8 cm³/mol. The monoisotopic (exact) mass is 236 g/mol. The number of aromatic nitrogens is 2. The Hall–Kier alpha value is -1.36. The second-order valence-electron chi connectivity index (χ2n) is 4.93. The van der Waals surface area contributed by atoms with Crippen LogP contribution in [0.3, 0.4) is 0 Å². The highest BCUT2D eigenvalue weighted by molar-refractivity contribution is 5.92. The van der Waals surface area contributed by atoms with E-state index in [2.05, 4.69) is 36.5 Å². The van der Waals surface area contributed by atoms with E-state index in [-0.39, 0.29) is 17.9 Å². The maximum absolute atomic E-state index is 12.0. The number of hydrogen-bond acceptors (Lipinski definition) is 3. The minimum atomic E-state index is 0.0670. The summed E-state index contributed by atoms with van der Waals surface area (Å²) in [4.78, 5) is 12.0. The summed E-state index contributed by atoms with van der Waals surface area (Å²) >= 11 is 0. The van der Waals surface area contributed by atoms with E-state index in [4.69, 9.17) is 0 Å². The molecule has 2 unspecified atom stereocenters. The van der Waals surface area contributed by atoms with Gasteiger partial charge in [-0.05, 0) is 33.7 Å². The Labute approximate surface area is 102 Å². The average molecular weight is 236 g/mol. The van der Waals surface area contributed by atoms with Crippen LogP contribution in [0.2, 0.25) is 0 Å². The molecule has 2 heterocycles. The Bertz CT molecular complexity index is 399. The number of rotatable bonds is 3. The highest BCUT2D eigenvalue weighted by Crippen LogP contribution is 2.18. The van der Waals surface area contributed by atoms with Crippen LogP contribution in [0.5, 0.6) is 0 Å². The lowest BCUT2D eigenvalue weighted by atomic mass is 10.0. The van der Waals surface area contributed by atoms with Crippen LogP contribution in [-0.4, -0.2) is 28.3 Å². The van der Waals surface area contributed by atoms with Crippen molar-refractivity contribution in [3.8, 4) is 0 Å². The van der Waals surface area contributed by atoms with E-state index in [9.17, 15) is 4.79 Å². The summed E-state index contributed by atoms with van der Waals surface area (Å²) in [7, 11) is 0. The SMILES string of the molecule is CC1NCCC1C(=O)Nc1cnn(C(C)C)c1. The second kappa shape index (κ2) is 4.87. The van der Waals surface area contributed by atoms with Gasteiger partial charge in [0.2, 0.25) is 5.91 Å². The van der Waals surface area contributed by atoms with Crippen LogP contribution in [0, 0.1) is 5.92 Å². The van der Waals surface area contributed by atoms with Gasteiger partial charge in [0.05, 0.1) is 17.8 Å². The Balaban J connectivity index is 1.97. The minimum Gasteiger partial charge on any atom is -0.323 e. The fourth-order valence-electron chi connectivity index (χ4n) is 2.14. The zero-order valence-corrected chi connectivity index (χ0v) is 10.6. The topological polar surface area (TPSA) is 59.0 Å². The molecule has 0 spiro atoms. The fourth-order valence-corrected chi connectivity index (χ4v) is 2.14. The Kier molecular flexibility index (Phi) is 3.47. The average Bonchev–Trinajstić information content (AvgIpc) is 2.86. The van der Waals surface area contributed by atoms with E-state index in [0.717, 1.165) is 18.7 Å². The molecular formula is C12H20N4O. The van der Waals surface area contributed by atoms with Gasteiger partial charge in [-0.15, -0.1) is 0 Å². The number of amides is 1. The van der Waals surface area contributed by atoms with E-state index >= 15 is 0 Å². The summed E-state index contributed by atoms with van der Waals surface area (Å²) in [5, 5.41) is 10.4. The van der Waals surface area contributed by atoms with Crippen molar-refractivity contribution in [1.29, 1.82) is 0 Å². The third-order valence-corrected chi connectivity index (χ3v) is 3.26. The lowest BCUT2D eigenvalue weighted by Gasteiger charge is -2.13. The van der Waals surface area contributed by atoms with Gasteiger partial charge in [0.1, 0.15) is 0 Å². The van der Waals surface area contributed by atoms with Gasteiger partial charge in [-0.3, -0.25) is 9.48 Å². The van der Waals surface area contributed by atoms with Crippen molar-refractivity contribution in [2.24, 2.45) is 5.92 Å². The molecule has 1 saturated heterocycles. The third-order valence-electron chi connectivity index (χ3n) is 3.26. The van der Waals surface area contributed by atoms with Crippen molar-refractivity contribution in [2.45, 2.75) is 39.3 Å². The molecule has 1 aromatic rings. The van der Waals surface area contributed by atoms with Crippen molar-refractivity contribution in [1.82, 2.24) is 15.1 Å². The highest BCUT2D eigenvalue weighted by Gasteiger charge is 2.29. The first-order chi connectivity index (χ1) is 8.08. The summed E-state index contributed by atoms with van der Waals surface area (Å²) < 4.78 is 1.84. The largest absolute Gasteiger partial charge is 0.323 e. The summed E-state index contributed by atoms with van der Waals surface area (Å²) in [5.41, 5.74) is 0.780. The van der Waals surface area contributed by atoms with Gasteiger partial charge < -0.3 is 10.6 Å². The van der Waals surface area contributed by atoms with Crippen LogP contribution in [0.1, 0.15) is 33.2 Å². The molecular weight excluding hydrogens is 216 g/mol. The molecule has 2 atom stereocenters. The lowest BCUT2D eigenvalue weighted by Crippen LogP contribution is -2.31. The molecule has 1 fully saturated rings. The quantitative estimate of drug-likeness (QED) is 0.834. The molecule has 1 aromatic heterocycles. The normalized spacial score (nSPS) is 24.2. The van der Waals surface area contributed by atoms with Crippen LogP contribution in [0.4, 0.5) is 5.69 Å². The standard InChI is InChI=1S/C12H20N4O/c1-8(2)16-7-10(6-14-16)15-12(17)11-4-5-13-9(11)3/h6-9,11,13H,4-5H2,1-3H3,(H,15,17). The summed E-state index contributed by atoms with van der Waals surface area (Å²) in [6.07, 6.45) is 4.48. The van der Waals surface area contributed by atoms with Crippen LogP contribution >= 0.6 is 0 Å². The molecule has 5 heteroatoms. The summed E-state index contributed by atoms with van der Waals surface area (Å²) in [6, 6.07) is 0.572. The minimum absolute atomic E-state index is 0.0670. The van der Waals surface area contributed by atoms with Crippen molar-refractivity contribution in [3.63, 3.8) is 0 Å². The smallest absolute Gasteiger partial charge is 0.229 e. The maximum atomic E-state index is 12.0. The number of anilines is 1. The molecule has 94 valence electrons. The lowest BCUT2D eigenvalue weighted by molar-refractivity contribution is -0.120. The van der Waals surface area contributed by atoms with E-state index in [1.54, 1.807) is 6.20 Å². The Morgan fingerprint density at radius 3 is 2.94 bits per heavy atom. The van der Waals surface area contributed by atoms with Gasteiger partial charge >= 0.3 is 0 Å². The summed E-state index contributed by atoms with van der Waals surface area (Å²) in [5.74, 6) is 0.156. The molecule has 0 aromatic carbocycles. The number of hydrogen-bond donors (Lipinski definition) is 2. The second-order valence-corrected chi connectivity index (χ2v) is 4.93. The fraction of sp³-hybridized carbons (Fsp3) is 0.667. The van der Waals surface area contributed by atoms with Gasteiger partial charge in [0.25, 0.3) is 0 Å². The molecule has 1 aliphatic heterocycles. The zero-order valence-electron chi connectivity index (χ0n) is 10.6. The van der Waals surface area contributed by atoms with Gasteiger partial charge in [-0.25, -0.2) is 0 Å². The number of nitrogens with one attached hydrogen (secondary N) is 2. The molecule has 0 radical (unpaired) electrons. The first kappa shape index (κ1) is 12.1. The van der Waals surface area contributed by atoms with Crippen LogP contribution in [0.15, 0.2) is 12.4 Å². The molecule has 2 N–H and O–H groups in total. The van der Waals surface area contributed by atoms with Gasteiger partial charge in [-0.2, -0.15) is 5.10 Å². The molecule has 1 aliphatic rings. The number of carbonyl (C=O) groups is 1. The third kappa shape index (κ3) is 2.66. The Morgan fingerprint density at radius 2 is 2.41 bits per heavy atom. The van der Waals surface area contributed by atoms with Crippen molar-refractivity contribution < 1.29 is 4.79 Å². The highest BCUT2D eigenvalue weighted by atomic mass is 16.2. The van der Waals surface area contributed by atoms with Crippen LogP contribution in [-0.2, 0) is 4.79 Å². The molecule has 5 nitrogen and oxygen atoms in total. The van der Waals surface area contributed by atoms with Crippen molar-refractivity contribution in [3.05, 3.63) is 12.4 Å².